The molecule has 63 heavy (non-hydrogen) atoms. The summed E-state index contributed by atoms with van der Waals surface area (Å²) in [5, 5.41) is 4.95. The largest absolute Gasteiger partial charge is 0.310 e. The van der Waals surface area contributed by atoms with Gasteiger partial charge in [-0.1, -0.05) is 172 Å². The predicted molar refractivity (Wildman–Crippen MR) is 267 cm³/mol. The highest BCUT2D eigenvalue weighted by molar-refractivity contribution is 6.10. The van der Waals surface area contributed by atoms with E-state index in [1.165, 1.54) is 88.2 Å². The Labute approximate surface area is 368 Å². The molecule has 12 rings (SSSR count). The van der Waals surface area contributed by atoms with Crippen LogP contribution < -0.4 is 4.90 Å². The smallest absolute Gasteiger partial charge is 0.0541 e. The van der Waals surface area contributed by atoms with Crippen molar-refractivity contribution in [2.75, 3.05) is 4.90 Å². The van der Waals surface area contributed by atoms with Crippen LogP contribution in [0.4, 0.5) is 17.1 Å². The lowest BCUT2D eigenvalue weighted by Crippen LogP contribution is -2.16. The molecule has 0 N–H and O–H groups in total. The van der Waals surface area contributed by atoms with Crippen LogP contribution >= 0.6 is 0 Å². The first-order valence-electron chi connectivity index (χ1n) is 21.9. The van der Waals surface area contributed by atoms with E-state index >= 15 is 0 Å². The number of para-hydroxylation sites is 1. The highest BCUT2D eigenvalue weighted by Gasteiger charge is 2.35. The van der Waals surface area contributed by atoms with Gasteiger partial charge in [0.25, 0.3) is 0 Å². The van der Waals surface area contributed by atoms with Crippen LogP contribution in [0.3, 0.4) is 0 Å². The molecule has 0 saturated heterocycles. The number of hydrogen-bond acceptors (Lipinski definition) is 1. The Morgan fingerprint density at radius 3 is 1.75 bits per heavy atom. The summed E-state index contributed by atoms with van der Waals surface area (Å²) < 4.78 is 2.40. The monoisotopic (exact) mass is 804 g/mol. The normalized spacial score (nSPS) is 12.7. The van der Waals surface area contributed by atoms with Crippen LogP contribution in [0.2, 0.25) is 0 Å². The third kappa shape index (κ3) is 6.17. The quantitative estimate of drug-likeness (QED) is 0.156. The van der Waals surface area contributed by atoms with Gasteiger partial charge in [0.15, 0.2) is 0 Å². The minimum Gasteiger partial charge on any atom is -0.310 e. The van der Waals surface area contributed by atoms with Crippen LogP contribution in [-0.2, 0) is 5.41 Å². The average Bonchev–Trinajstić information content (AvgIpc) is 3.79. The Bertz CT molecular complexity index is 3540. The van der Waals surface area contributed by atoms with Gasteiger partial charge in [0.2, 0.25) is 0 Å². The fourth-order valence-electron chi connectivity index (χ4n) is 10.2. The maximum absolute atomic E-state index is 2.43. The number of nitrogens with zero attached hydrogens (tertiary/aromatic N) is 2. The third-order valence-corrected chi connectivity index (χ3v) is 13.4. The van der Waals surface area contributed by atoms with Crippen molar-refractivity contribution in [3.8, 4) is 50.2 Å². The number of fused-ring (bicyclic) bond motifs is 7. The van der Waals surface area contributed by atoms with Crippen molar-refractivity contribution >= 4 is 49.6 Å². The molecule has 0 unspecified atom stereocenters. The van der Waals surface area contributed by atoms with Crippen LogP contribution in [0.5, 0.6) is 0 Å². The van der Waals surface area contributed by atoms with Crippen LogP contribution in [0.15, 0.2) is 231 Å². The second-order valence-corrected chi connectivity index (χ2v) is 17.4. The molecule has 1 aromatic heterocycles. The van der Waals surface area contributed by atoms with E-state index in [0.717, 1.165) is 22.7 Å². The SMILES string of the molecule is CC1(C)c2ccccc2-c2ccc(N(c3cccc(-c4cccc(-c5ccc6c(c5)c5ccccc5n6-c5ccc(-c6ccccc6)cc5)c4)c3)c3ccc4ccccc4c3)cc21. The third-order valence-electron chi connectivity index (χ3n) is 13.4. The van der Waals surface area contributed by atoms with Gasteiger partial charge in [0.1, 0.15) is 0 Å². The predicted octanol–water partition coefficient (Wildman–Crippen LogP) is 16.7. The summed E-state index contributed by atoms with van der Waals surface area (Å²) in [6.07, 6.45) is 0. The highest BCUT2D eigenvalue weighted by Crippen LogP contribution is 2.51. The lowest BCUT2D eigenvalue weighted by molar-refractivity contribution is 0.660. The highest BCUT2D eigenvalue weighted by atomic mass is 15.1. The van der Waals surface area contributed by atoms with Crippen molar-refractivity contribution < 1.29 is 0 Å². The molecule has 1 heterocycles. The molecular weight excluding hydrogens is 761 g/mol. The molecule has 2 nitrogen and oxygen atoms in total. The Balaban J connectivity index is 0.934. The van der Waals surface area contributed by atoms with Crippen LogP contribution in [0.25, 0.3) is 82.8 Å². The van der Waals surface area contributed by atoms with Crippen LogP contribution in [0, 0.1) is 0 Å². The van der Waals surface area contributed by atoms with Gasteiger partial charge in [-0.2, -0.15) is 0 Å². The summed E-state index contributed by atoms with van der Waals surface area (Å²) in [7, 11) is 0. The average molecular weight is 805 g/mol. The summed E-state index contributed by atoms with van der Waals surface area (Å²) in [5.74, 6) is 0. The molecule has 0 spiro atoms. The molecule has 0 fully saturated rings. The lowest BCUT2D eigenvalue weighted by atomic mass is 9.82. The molecule has 0 radical (unpaired) electrons. The van der Waals surface area contributed by atoms with E-state index in [2.05, 4.69) is 254 Å². The van der Waals surface area contributed by atoms with E-state index in [9.17, 15) is 0 Å². The maximum Gasteiger partial charge on any atom is 0.0541 e. The molecular formula is C61H44N2. The van der Waals surface area contributed by atoms with Gasteiger partial charge < -0.3 is 9.47 Å². The second kappa shape index (κ2) is 14.6. The van der Waals surface area contributed by atoms with E-state index in [4.69, 9.17) is 0 Å². The fraction of sp³-hybridized carbons (Fsp3) is 0.0492. The zero-order valence-electron chi connectivity index (χ0n) is 35.3. The molecule has 11 aromatic rings. The van der Waals surface area contributed by atoms with E-state index in [-0.39, 0.29) is 5.41 Å². The molecule has 0 saturated carbocycles. The zero-order valence-corrected chi connectivity index (χ0v) is 35.3. The molecule has 2 heteroatoms. The van der Waals surface area contributed by atoms with Crippen LogP contribution in [0.1, 0.15) is 25.0 Å². The molecule has 298 valence electrons. The number of rotatable bonds is 7. The minimum absolute atomic E-state index is 0.106. The Morgan fingerprint density at radius 1 is 0.333 bits per heavy atom. The van der Waals surface area contributed by atoms with Gasteiger partial charge in [0, 0.05) is 38.9 Å². The standard InChI is InChI=1S/C61H44N2/c1-61(2)57-24-10-8-22-53(57)54-34-33-52(40-58(54)61)62(51-32-28-42-16-6-7-17-46(42)37-51)50-21-13-20-47(38-50)44-18-12-19-45(36-44)48-29-35-60-56(39-48)55-23-9-11-25-59(55)63(60)49-30-26-43(27-31-49)41-14-4-3-5-15-41/h3-40H,1-2H3. The first kappa shape index (κ1) is 36.9. The number of benzene rings is 10. The van der Waals surface area contributed by atoms with Crippen LogP contribution in [-0.4, -0.2) is 4.57 Å². The van der Waals surface area contributed by atoms with Crippen molar-refractivity contribution in [3.63, 3.8) is 0 Å². The summed E-state index contributed by atoms with van der Waals surface area (Å²) in [6, 6.07) is 84.7. The summed E-state index contributed by atoms with van der Waals surface area (Å²) in [6.45, 7) is 4.71. The van der Waals surface area contributed by atoms with Gasteiger partial charge in [-0.15, -0.1) is 0 Å². The van der Waals surface area contributed by atoms with Gasteiger partial charge in [-0.3, -0.25) is 0 Å². The molecule has 0 aliphatic heterocycles. The van der Waals surface area contributed by atoms with E-state index in [1.807, 2.05) is 0 Å². The maximum atomic E-state index is 2.43. The second-order valence-electron chi connectivity index (χ2n) is 17.4. The Morgan fingerprint density at radius 2 is 0.905 bits per heavy atom. The number of aromatic nitrogens is 1. The number of anilines is 3. The summed E-state index contributed by atoms with van der Waals surface area (Å²) in [5.41, 5.74) is 19.4. The minimum atomic E-state index is -0.106. The van der Waals surface area contributed by atoms with Gasteiger partial charge >= 0.3 is 0 Å². The Kier molecular flexibility index (Phi) is 8.55. The van der Waals surface area contributed by atoms with Gasteiger partial charge in [-0.25, -0.2) is 0 Å². The van der Waals surface area contributed by atoms with Crippen molar-refractivity contribution in [1.29, 1.82) is 0 Å². The molecule has 0 atom stereocenters. The summed E-state index contributed by atoms with van der Waals surface area (Å²) in [4.78, 5) is 2.43. The molecule has 1 aliphatic rings. The van der Waals surface area contributed by atoms with E-state index < -0.39 is 0 Å². The van der Waals surface area contributed by atoms with E-state index in [1.54, 1.807) is 0 Å². The van der Waals surface area contributed by atoms with Crippen molar-refractivity contribution in [2.24, 2.45) is 0 Å². The van der Waals surface area contributed by atoms with Gasteiger partial charge in [0.05, 0.1) is 11.0 Å². The van der Waals surface area contributed by atoms with Crippen molar-refractivity contribution in [1.82, 2.24) is 4.57 Å². The van der Waals surface area contributed by atoms with Gasteiger partial charge in [-0.05, 0) is 139 Å². The first-order chi connectivity index (χ1) is 31.0. The Hall–Kier alpha value is -7.94. The number of hydrogen-bond donors (Lipinski definition) is 0. The molecule has 10 aromatic carbocycles. The summed E-state index contributed by atoms with van der Waals surface area (Å²) >= 11 is 0. The van der Waals surface area contributed by atoms with Crippen molar-refractivity contribution in [3.05, 3.63) is 242 Å². The first-order valence-corrected chi connectivity index (χ1v) is 21.9. The lowest BCUT2D eigenvalue weighted by Gasteiger charge is -2.28. The van der Waals surface area contributed by atoms with E-state index in [0.29, 0.717) is 0 Å². The van der Waals surface area contributed by atoms with Crippen molar-refractivity contribution in [2.45, 2.75) is 19.3 Å². The molecule has 0 bridgehead atoms. The fourth-order valence-corrected chi connectivity index (χ4v) is 10.2. The molecule has 1 aliphatic carbocycles. The molecule has 0 amide bonds. The topological polar surface area (TPSA) is 8.17 Å². The zero-order chi connectivity index (χ0) is 42.1.